The maximum Gasteiger partial charge on any atom is 0.259 e. The quantitative estimate of drug-likeness (QED) is 0.714. The lowest BCUT2D eigenvalue weighted by molar-refractivity contribution is 0.229. The molecule has 1 aromatic rings. The molecule has 2 heterocycles. The third-order valence-electron chi connectivity index (χ3n) is 3.10. The molecular weight excluding hydrogens is 254 g/mol. The summed E-state index contributed by atoms with van der Waals surface area (Å²) in [4.78, 5) is 8.63. The van der Waals surface area contributed by atoms with E-state index in [2.05, 4.69) is 20.2 Å². The van der Waals surface area contributed by atoms with Crippen molar-refractivity contribution in [3.8, 4) is 0 Å². The molecule has 7 nitrogen and oxygen atoms in total. The Balaban J connectivity index is 1.89. The number of piperazine rings is 1. The van der Waals surface area contributed by atoms with E-state index in [0.29, 0.717) is 6.54 Å². The molecule has 2 rings (SSSR count). The Kier molecular flexibility index (Phi) is 4.33. The van der Waals surface area contributed by atoms with Gasteiger partial charge in [0.15, 0.2) is 5.03 Å². The Morgan fingerprint density at radius 3 is 2.78 bits per heavy atom. The molecular formula is C10H19N5O2S. The van der Waals surface area contributed by atoms with Gasteiger partial charge in [0.25, 0.3) is 10.0 Å². The minimum absolute atomic E-state index is 0.144. The number of imidazole rings is 1. The number of hydrogen-bond acceptors (Lipinski definition) is 5. The highest BCUT2D eigenvalue weighted by molar-refractivity contribution is 7.89. The van der Waals surface area contributed by atoms with Gasteiger partial charge in [0, 0.05) is 46.3 Å². The van der Waals surface area contributed by atoms with Gasteiger partial charge < -0.3 is 10.3 Å². The van der Waals surface area contributed by atoms with Gasteiger partial charge >= 0.3 is 0 Å². The lowest BCUT2D eigenvalue weighted by Crippen LogP contribution is -2.46. The van der Waals surface area contributed by atoms with Crippen LogP contribution in [-0.2, 0) is 10.0 Å². The maximum atomic E-state index is 12.1. The molecule has 0 aliphatic carbocycles. The molecule has 8 heteroatoms. The fraction of sp³-hybridized carbons (Fsp3) is 0.700. The van der Waals surface area contributed by atoms with Gasteiger partial charge in [-0.25, -0.2) is 13.4 Å². The van der Waals surface area contributed by atoms with Crippen LogP contribution in [0.15, 0.2) is 17.6 Å². The molecule has 0 saturated carbocycles. The van der Waals surface area contributed by atoms with Crippen LogP contribution < -0.4 is 5.32 Å². The Labute approximate surface area is 107 Å². The molecule has 1 aliphatic heterocycles. The lowest BCUT2D eigenvalue weighted by atomic mass is 10.3. The first kappa shape index (κ1) is 13.5. The van der Waals surface area contributed by atoms with E-state index in [4.69, 9.17) is 0 Å². The minimum atomic E-state index is -3.42. The van der Waals surface area contributed by atoms with Crippen LogP contribution in [0.2, 0.25) is 0 Å². The van der Waals surface area contributed by atoms with Crippen molar-refractivity contribution in [1.29, 1.82) is 0 Å². The lowest BCUT2D eigenvalue weighted by Gasteiger charge is -2.28. The smallest absolute Gasteiger partial charge is 0.259 e. The van der Waals surface area contributed by atoms with Gasteiger partial charge in [0.05, 0.1) is 12.5 Å². The molecule has 1 fully saturated rings. The number of nitrogens with one attached hydrogen (secondary N) is 2. The number of likely N-dealkylation sites (N-methyl/N-ethyl adjacent to an activating group) is 1. The second-order valence-corrected chi connectivity index (χ2v) is 6.35. The van der Waals surface area contributed by atoms with Crippen LogP contribution in [0.3, 0.4) is 0 Å². The third kappa shape index (κ3) is 3.08. The second-order valence-electron chi connectivity index (χ2n) is 4.33. The fourth-order valence-electron chi connectivity index (χ4n) is 1.89. The molecule has 0 spiro atoms. The molecule has 0 radical (unpaired) electrons. The van der Waals surface area contributed by atoms with Crippen molar-refractivity contribution in [3.63, 3.8) is 0 Å². The zero-order valence-corrected chi connectivity index (χ0v) is 11.3. The van der Waals surface area contributed by atoms with Crippen LogP contribution in [0.4, 0.5) is 0 Å². The molecule has 0 bridgehead atoms. The summed E-state index contributed by atoms with van der Waals surface area (Å²) in [5.41, 5.74) is 0. The first-order valence-electron chi connectivity index (χ1n) is 5.98. The van der Waals surface area contributed by atoms with Crippen molar-refractivity contribution in [2.24, 2.45) is 0 Å². The van der Waals surface area contributed by atoms with Gasteiger partial charge in [-0.1, -0.05) is 0 Å². The van der Waals surface area contributed by atoms with Gasteiger partial charge in [-0.15, -0.1) is 0 Å². The summed E-state index contributed by atoms with van der Waals surface area (Å²) in [6.07, 6.45) is 2.70. The maximum absolute atomic E-state index is 12.1. The molecule has 0 amide bonds. The summed E-state index contributed by atoms with van der Waals surface area (Å²) in [5.74, 6) is 0. The predicted molar refractivity (Wildman–Crippen MR) is 67.7 cm³/mol. The first-order valence-corrected chi connectivity index (χ1v) is 7.42. The van der Waals surface area contributed by atoms with Gasteiger partial charge in [-0.3, -0.25) is 4.90 Å². The van der Waals surface area contributed by atoms with Crippen LogP contribution in [0, 0.1) is 0 Å². The predicted octanol–water partition coefficient (Wildman–Crippen LogP) is -1.06. The number of H-pyrrole nitrogens is 1. The summed E-state index contributed by atoms with van der Waals surface area (Å²) in [6, 6.07) is 0. The van der Waals surface area contributed by atoms with Crippen LogP contribution in [0.1, 0.15) is 0 Å². The van der Waals surface area contributed by atoms with Gasteiger partial charge in [0.1, 0.15) is 0 Å². The van der Waals surface area contributed by atoms with E-state index in [0.717, 1.165) is 32.7 Å². The second kappa shape index (κ2) is 5.79. The van der Waals surface area contributed by atoms with Gasteiger partial charge in [0.2, 0.25) is 0 Å². The number of hydrogen-bond donors (Lipinski definition) is 2. The average Bonchev–Trinajstić information content (AvgIpc) is 2.91. The van der Waals surface area contributed by atoms with Crippen LogP contribution >= 0.6 is 0 Å². The van der Waals surface area contributed by atoms with E-state index in [-0.39, 0.29) is 5.03 Å². The highest BCUT2D eigenvalue weighted by Gasteiger charge is 2.22. The SMILES string of the molecule is CN(CCN1CCNCC1)S(=O)(=O)c1cnc[nH]1. The Morgan fingerprint density at radius 1 is 1.44 bits per heavy atom. The van der Waals surface area contributed by atoms with E-state index in [1.165, 1.54) is 16.8 Å². The van der Waals surface area contributed by atoms with Crippen LogP contribution in [0.5, 0.6) is 0 Å². The Bertz CT molecular complexity index is 453. The molecule has 1 saturated heterocycles. The third-order valence-corrected chi connectivity index (χ3v) is 4.88. The highest BCUT2D eigenvalue weighted by Crippen LogP contribution is 2.09. The van der Waals surface area contributed by atoms with Crippen molar-refractivity contribution in [2.45, 2.75) is 5.03 Å². The molecule has 1 aliphatic rings. The average molecular weight is 273 g/mol. The molecule has 18 heavy (non-hydrogen) atoms. The molecule has 2 N–H and O–H groups in total. The summed E-state index contributed by atoms with van der Waals surface area (Å²) in [5, 5.41) is 3.41. The summed E-state index contributed by atoms with van der Waals surface area (Å²) in [6.45, 7) is 5.12. The zero-order valence-electron chi connectivity index (χ0n) is 10.5. The Morgan fingerprint density at radius 2 is 2.17 bits per heavy atom. The molecule has 0 atom stereocenters. The van der Waals surface area contributed by atoms with E-state index in [1.807, 2.05) is 0 Å². The standard InChI is InChI=1S/C10H19N5O2S/c1-14(6-7-15-4-2-11-3-5-15)18(16,17)10-8-12-9-13-10/h8-9,11H,2-7H2,1H3,(H,12,13). The van der Waals surface area contributed by atoms with E-state index >= 15 is 0 Å². The Hall–Kier alpha value is -0.960. The molecule has 1 aromatic heterocycles. The summed E-state index contributed by atoms with van der Waals surface area (Å²) >= 11 is 0. The van der Waals surface area contributed by atoms with Crippen molar-refractivity contribution in [1.82, 2.24) is 24.5 Å². The number of rotatable bonds is 5. The topological polar surface area (TPSA) is 81.3 Å². The summed E-state index contributed by atoms with van der Waals surface area (Å²) in [7, 11) is -1.83. The van der Waals surface area contributed by atoms with E-state index in [9.17, 15) is 8.42 Å². The molecule has 0 unspecified atom stereocenters. The van der Waals surface area contributed by atoms with E-state index < -0.39 is 10.0 Å². The van der Waals surface area contributed by atoms with Crippen molar-refractivity contribution >= 4 is 10.0 Å². The first-order chi connectivity index (χ1) is 8.60. The van der Waals surface area contributed by atoms with Crippen LogP contribution in [0.25, 0.3) is 0 Å². The number of aromatic amines is 1. The number of sulfonamides is 1. The van der Waals surface area contributed by atoms with Crippen LogP contribution in [-0.4, -0.2) is 73.9 Å². The normalized spacial score (nSPS) is 18.3. The van der Waals surface area contributed by atoms with Gasteiger partial charge in [-0.2, -0.15) is 4.31 Å². The molecule has 0 aromatic carbocycles. The monoisotopic (exact) mass is 273 g/mol. The minimum Gasteiger partial charge on any atom is -0.335 e. The van der Waals surface area contributed by atoms with E-state index in [1.54, 1.807) is 7.05 Å². The summed E-state index contributed by atoms with van der Waals surface area (Å²) < 4.78 is 25.5. The van der Waals surface area contributed by atoms with Gasteiger partial charge in [-0.05, 0) is 0 Å². The highest BCUT2D eigenvalue weighted by atomic mass is 32.2. The van der Waals surface area contributed by atoms with Crippen molar-refractivity contribution in [3.05, 3.63) is 12.5 Å². The molecule has 102 valence electrons. The van der Waals surface area contributed by atoms with Crippen molar-refractivity contribution < 1.29 is 8.42 Å². The largest absolute Gasteiger partial charge is 0.335 e. The van der Waals surface area contributed by atoms with Crippen molar-refractivity contribution in [2.75, 3.05) is 46.3 Å². The fourth-order valence-corrected chi connectivity index (χ4v) is 2.94. The zero-order chi connectivity index (χ0) is 13.0. The number of aromatic nitrogens is 2. The number of nitrogens with zero attached hydrogens (tertiary/aromatic N) is 3.